The van der Waals surface area contributed by atoms with Gasteiger partial charge in [0.1, 0.15) is 23.4 Å². The van der Waals surface area contributed by atoms with Gasteiger partial charge in [0, 0.05) is 19.2 Å². The van der Waals surface area contributed by atoms with Crippen LogP contribution in [0.15, 0.2) is 36.7 Å². The lowest BCUT2D eigenvalue weighted by molar-refractivity contribution is 0.0421. The lowest BCUT2D eigenvalue weighted by Gasteiger charge is -2.23. The molecule has 3 aromatic rings. The minimum atomic E-state index is -2.75. The summed E-state index contributed by atoms with van der Waals surface area (Å²) in [6.07, 6.45) is -0.324. The van der Waals surface area contributed by atoms with Crippen molar-refractivity contribution in [1.29, 1.82) is 0 Å². The first-order valence-electron chi connectivity index (χ1n) is 9.85. The molecule has 3 heterocycles. The third-order valence-electron chi connectivity index (χ3n) is 4.79. The van der Waals surface area contributed by atoms with Gasteiger partial charge in [0.25, 0.3) is 12.3 Å². The van der Waals surface area contributed by atoms with Crippen molar-refractivity contribution >= 4 is 11.7 Å². The number of hydroxylamine groups is 1. The number of anilines is 1. The molecule has 168 valence electrons. The fourth-order valence-electron chi connectivity index (χ4n) is 3.45. The predicted octanol–water partition coefficient (Wildman–Crippen LogP) is 2.72. The van der Waals surface area contributed by atoms with Crippen molar-refractivity contribution in [3.63, 3.8) is 0 Å². The number of hydrogen-bond acceptors (Lipinski definition) is 7. The number of amides is 1. The number of halogens is 3. The number of carbonyl (C=O) groups excluding carboxylic acids is 1. The molecule has 0 aliphatic carbocycles. The van der Waals surface area contributed by atoms with E-state index in [4.69, 9.17) is 4.84 Å². The summed E-state index contributed by atoms with van der Waals surface area (Å²) >= 11 is 0. The maximum absolute atomic E-state index is 14.0. The predicted molar refractivity (Wildman–Crippen MR) is 107 cm³/mol. The summed E-state index contributed by atoms with van der Waals surface area (Å²) in [5.41, 5.74) is 0.0286. The van der Waals surface area contributed by atoms with Gasteiger partial charge in [0.05, 0.1) is 30.2 Å². The van der Waals surface area contributed by atoms with Crippen LogP contribution in [0.4, 0.5) is 19.0 Å². The van der Waals surface area contributed by atoms with Gasteiger partial charge in [-0.1, -0.05) is 0 Å². The summed E-state index contributed by atoms with van der Waals surface area (Å²) in [5, 5.41) is 9.42. The Kier molecular flexibility index (Phi) is 6.04. The molecule has 1 saturated heterocycles. The molecule has 1 aromatic carbocycles. The van der Waals surface area contributed by atoms with Gasteiger partial charge in [-0.25, -0.2) is 28.2 Å². The van der Waals surface area contributed by atoms with Gasteiger partial charge < -0.3 is 4.90 Å². The molecule has 32 heavy (non-hydrogen) atoms. The van der Waals surface area contributed by atoms with Crippen LogP contribution in [0.1, 0.15) is 35.2 Å². The smallest absolute Gasteiger partial charge is 0.280 e. The second-order valence-electron chi connectivity index (χ2n) is 7.25. The fraction of sp³-hybridized carbons (Fsp3) is 0.350. The standard InChI is InChI=1S/C20H20F3N7O2/c1-12-11-28(7-8-29(32-12)18-10-16(19(22)23)26-13(2)27-18)20(31)15-9-14(21)3-4-17(15)30-24-5-6-25-30/h3-6,9-10,12,19H,7-8,11H2,1-2H3/t12-/m0/s1. The highest BCUT2D eigenvalue weighted by Crippen LogP contribution is 2.24. The minimum Gasteiger partial charge on any atom is -0.334 e. The zero-order valence-corrected chi connectivity index (χ0v) is 17.3. The van der Waals surface area contributed by atoms with Crippen LogP contribution >= 0.6 is 0 Å². The van der Waals surface area contributed by atoms with Crippen LogP contribution in [0, 0.1) is 12.7 Å². The maximum Gasteiger partial charge on any atom is 0.280 e. The molecule has 1 aliphatic rings. The van der Waals surface area contributed by atoms with E-state index in [9.17, 15) is 18.0 Å². The molecule has 1 amide bonds. The average Bonchev–Trinajstić information content (AvgIpc) is 3.21. The van der Waals surface area contributed by atoms with Gasteiger partial charge >= 0.3 is 0 Å². The molecule has 0 radical (unpaired) electrons. The Morgan fingerprint density at radius 3 is 2.62 bits per heavy atom. The molecule has 0 bridgehead atoms. The summed E-state index contributed by atoms with van der Waals surface area (Å²) in [6.45, 7) is 3.81. The van der Waals surface area contributed by atoms with Crippen LogP contribution in [-0.2, 0) is 4.84 Å². The van der Waals surface area contributed by atoms with E-state index >= 15 is 0 Å². The zero-order valence-electron chi connectivity index (χ0n) is 17.3. The van der Waals surface area contributed by atoms with E-state index in [-0.39, 0.29) is 36.8 Å². The van der Waals surface area contributed by atoms with E-state index in [0.717, 1.165) is 12.1 Å². The van der Waals surface area contributed by atoms with E-state index in [1.165, 1.54) is 46.2 Å². The van der Waals surface area contributed by atoms with E-state index in [1.807, 2.05) is 0 Å². The Balaban J connectivity index is 1.59. The largest absolute Gasteiger partial charge is 0.334 e. The molecule has 2 aromatic heterocycles. The Morgan fingerprint density at radius 2 is 1.91 bits per heavy atom. The summed E-state index contributed by atoms with van der Waals surface area (Å²) in [4.78, 5) is 29.8. The molecular formula is C20H20F3N7O2. The number of nitrogens with zero attached hydrogens (tertiary/aromatic N) is 7. The van der Waals surface area contributed by atoms with Crippen molar-refractivity contribution in [2.75, 3.05) is 24.7 Å². The van der Waals surface area contributed by atoms with Crippen LogP contribution in [0.25, 0.3) is 5.69 Å². The molecule has 12 heteroatoms. The van der Waals surface area contributed by atoms with Crippen molar-refractivity contribution in [3.8, 4) is 5.69 Å². The van der Waals surface area contributed by atoms with E-state index in [0.29, 0.717) is 5.69 Å². The van der Waals surface area contributed by atoms with Crippen LogP contribution in [0.2, 0.25) is 0 Å². The summed E-state index contributed by atoms with van der Waals surface area (Å²) in [7, 11) is 0. The fourth-order valence-corrected chi connectivity index (χ4v) is 3.45. The SMILES string of the molecule is Cc1nc(C(F)F)cc(N2CCN(C(=O)c3cc(F)ccc3-n3nccn3)C[C@H](C)O2)n1. The normalized spacial score (nSPS) is 17.0. The Bertz CT molecular complexity index is 1110. The second-order valence-corrected chi connectivity index (χ2v) is 7.25. The first-order chi connectivity index (χ1) is 15.3. The number of carbonyl (C=O) groups is 1. The molecule has 0 unspecified atom stereocenters. The van der Waals surface area contributed by atoms with Crippen LogP contribution in [-0.4, -0.2) is 61.5 Å². The van der Waals surface area contributed by atoms with Gasteiger partial charge in [0.15, 0.2) is 5.82 Å². The van der Waals surface area contributed by atoms with Gasteiger partial charge in [-0.3, -0.25) is 9.63 Å². The molecule has 1 aliphatic heterocycles. The molecule has 1 atom stereocenters. The van der Waals surface area contributed by atoms with Gasteiger partial charge in [-0.2, -0.15) is 15.0 Å². The maximum atomic E-state index is 14.0. The third-order valence-corrected chi connectivity index (χ3v) is 4.79. The topological polar surface area (TPSA) is 89.3 Å². The molecule has 4 rings (SSSR count). The second kappa shape index (κ2) is 8.91. The van der Waals surface area contributed by atoms with Crippen molar-refractivity contribution < 1.29 is 22.8 Å². The molecule has 0 spiro atoms. The highest BCUT2D eigenvalue weighted by molar-refractivity contribution is 5.97. The highest BCUT2D eigenvalue weighted by Gasteiger charge is 2.28. The summed E-state index contributed by atoms with van der Waals surface area (Å²) in [6, 6.07) is 4.96. The highest BCUT2D eigenvalue weighted by atomic mass is 19.3. The van der Waals surface area contributed by atoms with Crippen molar-refractivity contribution in [2.45, 2.75) is 26.4 Å². The Hall–Kier alpha value is -3.54. The Labute approximate surface area is 181 Å². The molecular weight excluding hydrogens is 427 g/mol. The number of aromatic nitrogens is 5. The van der Waals surface area contributed by atoms with Crippen LogP contribution in [0.3, 0.4) is 0 Å². The van der Waals surface area contributed by atoms with E-state index in [1.54, 1.807) is 6.92 Å². The van der Waals surface area contributed by atoms with Crippen LogP contribution < -0.4 is 5.06 Å². The van der Waals surface area contributed by atoms with Gasteiger partial charge in [-0.05, 0) is 32.0 Å². The van der Waals surface area contributed by atoms with E-state index < -0.39 is 29.9 Å². The number of alkyl halides is 2. The van der Waals surface area contributed by atoms with Gasteiger partial charge in [0.2, 0.25) is 0 Å². The van der Waals surface area contributed by atoms with Gasteiger partial charge in [-0.15, -0.1) is 0 Å². The molecule has 1 fully saturated rings. The first-order valence-corrected chi connectivity index (χ1v) is 9.85. The number of aryl methyl sites for hydroxylation is 1. The summed E-state index contributed by atoms with van der Waals surface area (Å²) in [5.74, 6) is -0.634. The number of hydrogen-bond donors (Lipinski definition) is 0. The lowest BCUT2D eigenvalue weighted by atomic mass is 10.1. The van der Waals surface area contributed by atoms with Crippen molar-refractivity contribution in [2.24, 2.45) is 0 Å². The zero-order chi connectivity index (χ0) is 22.8. The van der Waals surface area contributed by atoms with Crippen molar-refractivity contribution in [1.82, 2.24) is 29.9 Å². The molecule has 0 saturated carbocycles. The Morgan fingerprint density at radius 1 is 1.16 bits per heavy atom. The minimum absolute atomic E-state index is 0.0970. The molecule has 9 nitrogen and oxygen atoms in total. The third kappa shape index (κ3) is 4.54. The quantitative estimate of drug-likeness (QED) is 0.608. The monoisotopic (exact) mass is 447 g/mol. The summed E-state index contributed by atoms with van der Waals surface area (Å²) < 4.78 is 40.3. The number of benzene rings is 1. The van der Waals surface area contributed by atoms with Crippen molar-refractivity contribution in [3.05, 3.63) is 59.6 Å². The lowest BCUT2D eigenvalue weighted by Crippen LogP contribution is -2.37. The van der Waals surface area contributed by atoms with Crippen LogP contribution in [0.5, 0.6) is 0 Å². The average molecular weight is 447 g/mol. The number of rotatable bonds is 4. The molecule has 0 N–H and O–H groups in total. The van der Waals surface area contributed by atoms with E-state index in [2.05, 4.69) is 20.2 Å². The first kappa shape index (κ1) is 21.7.